The molecule has 1 fully saturated rings. The van der Waals surface area contributed by atoms with Crippen LogP contribution in [0.5, 0.6) is 0 Å². The van der Waals surface area contributed by atoms with E-state index in [1.165, 1.54) is 4.31 Å². The zero-order valence-electron chi connectivity index (χ0n) is 22.6. The number of hydrogen-bond donors (Lipinski definition) is 1. The molecule has 0 saturated carbocycles. The lowest BCUT2D eigenvalue weighted by Gasteiger charge is -2.36. The van der Waals surface area contributed by atoms with Crippen molar-refractivity contribution in [1.82, 2.24) is 19.3 Å². The zero-order valence-corrected chi connectivity index (χ0v) is 25.2. The van der Waals surface area contributed by atoms with Gasteiger partial charge in [0, 0.05) is 31.7 Å². The van der Waals surface area contributed by atoms with E-state index in [1.807, 2.05) is 0 Å². The molecule has 1 aliphatic rings. The highest BCUT2D eigenvalue weighted by molar-refractivity contribution is 7.88. The van der Waals surface area contributed by atoms with E-state index >= 15 is 0 Å². The van der Waals surface area contributed by atoms with Gasteiger partial charge in [-0.2, -0.15) is 13.2 Å². The number of nitrogens with one attached hydrogen (secondary N) is 1. The first-order valence-corrected chi connectivity index (χ1v) is 17.8. The van der Waals surface area contributed by atoms with Crippen molar-refractivity contribution >= 4 is 35.6 Å². The molecule has 0 aliphatic carbocycles. The fourth-order valence-electron chi connectivity index (χ4n) is 3.63. The molecule has 38 heavy (non-hydrogen) atoms. The van der Waals surface area contributed by atoms with E-state index in [2.05, 4.69) is 54.1 Å². The zero-order chi connectivity index (χ0) is 28.7. The Morgan fingerprint density at radius 1 is 1.21 bits per heavy atom. The Labute approximate surface area is 226 Å². The van der Waals surface area contributed by atoms with E-state index in [0.717, 1.165) is 23.8 Å². The van der Waals surface area contributed by atoms with Crippen molar-refractivity contribution < 1.29 is 30.4 Å². The first kappa shape index (κ1) is 30.9. The molecule has 0 aromatic carbocycles. The number of hydrogen-bond acceptors (Lipinski definition) is 8. The van der Waals surface area contributed by atoms with E-state index in [9.17, 15) is 26.0 Å². The van der Waals surface area contributed by atoms with Crippen LogP contribution in [0.15, 0.2) is 6.20 Å². The van der Waals surface area contributed by atoms with E-state index < -0.39 is 52.5 Å². The summed E-state index contributed by atoms with van der Waals surface area (Å²) >= 11 is 0.751. The second-order valence-corrected chi connectivity index (χ2v) is 19.0. The molecule has 15 heteroatoms. The van der Waals surface area contributed by atoms with Crippen LogP contribution in [0, 0.1) is 5.82 Å². The smallest absolute Gasteiger partial charge is 0.416 e. The van der Waals surface area contributed by atoms with Gasteiger partial charge in [-0.1, -0.05) is 27.7 Å². The highest BCUT2D eigenvalue weighted by atomic mass is 32.2. The minimum Gasteiger partial charge on any atom is -0.416 e. The molecule has 214 valence electrons. The van der Waals surface area contributed by atoms with Gasteiger partial charge < -0.3 is 9.74 Å². The molecule has 0 bridgehead atoms. The SMILES string of the molecule is CC(CO[Si](C)(C)C(C)(C)C)c1nc(C(F)(F)F)c(-c2nc(NC3CCN(S(C)(=O)=O)CC3)ncc2F)s1. The summed E-state index contributed by atoms with van der Waals surface area (Å²) in [5.41, 5.74) is -1.67. The largest absolute Gasteiger partial charge is 0.434 e. The predicted octanol–water partition coefficient (Wildman–Crippen LogP) is 5.72. The quantitative estimate of drug-likeness (QED) is 0.307. The van der Waals surface area contributed by atoms with Crippen LogP contribution >= 0.6 is 11.3 Å². The van der Waals surface area contributed by atoms with Crippen LogP contribution in [0.2, 0.25) is 18.1 Å². The molecule has 0 spiro atoms. The molecule has 0 radical (unpaired) electrons. The van der Waals surface area contributed by atoms with E-state index in [0.29, 0.717) is 12.8 Å². The van der Waals surface area contributed by atoms with Crippen molar-refractivity contribution in [2.24, 2.45) is 0 Å². The van der Waals surface area contributed by atoms with Crippen LogP contribution < -0.4 is 5.32 Å². The topological polar surface area (TPSA) is 97.3 Å². The van der Waals surface area contributed by atoms with Crippen LogP contribution in [0.4, 0.5) is 23.5 Å². The Morgan fingerprint density at radius 2 is 1.82 bits per heavy atom. The summed E-state index contributed by atoms with van der Waals surface area (Å²) in [4.78, 5) is 11.4. The maximum absolute atomic E-state index is 14.8. The van der Waals surface area contributed by atoms with Crippen LogP contribution in [0.3, 0.4) is 0 Å². The first-order valence-electron chi connectivity index (χ1n) is 12.3. The van der Waals surface area contributed by atoms with Gasteiger partial charge in [0.25, 0.3) is 0 Å². The number of piperidine rings is 1. The van der Waals surface area contributed by atoms with Crippen molar-refractivity contribution in [3.63, 3.8) is 0 Å². The predicted molar refractivity (Wildman–Crippen MR) is 143 cm³/mol. The lowest BCUT2D eigenvalue weighted by molar-refractivity contribution is -0.140. The summed E-state index contributed by atoms with van der Waals surface area (Å²) in [6.07, 6.45) is -1.94. The second kappa shape index (κ2) is 11.1. The molecule has 8 nitrogen and oxygen atoms in total. The highest BCUT2D eigenvalue weighted by Gasteiger charge is 2.41. The maximum Gasteiger partial charge on any atom is 0.434 e. The Kier molecular flexibility index (Phi) is 8.98. The van der Waals surface area contributed by atoms with Crippen molar-refractivity contribution in [2.75, 3.05) is 31.3 Å². The first-order chi connectivity index (χ1) is 17.3. The lowest BCUT2D eigenvalue weighted by atomic mass is 10.1. The van der Waals surface area contributed by atoms with Crippen molar-refractivity contribution in [1.29, 1.82) is 0 Å². The number of anilines is 1. The summed E-state index contributed by atoms with van der Waals surface area (Å²) < 4.78 is 87.7. The monoisotopic (exact) mass is 597 g/mol. The third-order valence-corrected chi connectivity index (χ3v) is 14.1. The molecule has 1 aliphatic heterocycles. The van der Waals surface area contributed by atoms with Crippen molar-refractivity contribution in [2.45, 2.75) is 76.8 Å². The molecule has 1 saturated heterocycles. The van der Waals surface area contributed by atoms with Crippen LogP contribution in [0.1, 0.15) is 57.2 Å². The Morgan fingerprint density at radius 3 is 2.34 bits per heavy atom. The van der Waals surface area contributed by atoms with Gasteiger partial charge in [0.2, 0.25) is 16.0 Å². The number of aromatic nitrogens is 3. The molecule has 2 aromatic heterocycles. The summed E-state index contributed by atoms with van der Waals surface area (Å²) in [6.45, 7) is 12.9. The van der Waals surface area contributed by atoms with Gasteiger partial charge in [-0.3, -0.25) is 0 Å². The third kappa shape index (κ3) is 7.28. The number of nitrogens with zero attached hydrogens (tertiary/aromatic N) is 4. The average molecular weight is 598 g/mol. The highest BCUT2D eigenvalue weighted by Crippen LogP contribution is 2.43. The van der Waals surface area contributed by atoms with Crippen LogP contribution in [-0.4, -0.2) is 68.0 Å². The Balaban J connectivity index is 1.85. The molecule has 0 amide bonds. The van der Waals surface area contributed by atoms with Gasteiger partial charge in [0.15, 0.2) is 19.8 Å². The van der Waals surface area contributed by atoms with Gasteiger partial charge in [-0.05, 0) is 31.0 Å². The van der Waals surface area contributed by atoms with Crippen LogP contribution in [0.25, 0.3) is 10.6 Å². The minimum atomic E-state index is -4.81. The average Bonchev–Trinajstić information content (AvgIpc) is 3.24. The molecular weight excluding hydrogens is 562 g/mol. The van der Waals surface area contributed by atoms with Gasteiger partial charge in [0.1, 0.15) is 5.69 Å². The fourth-order valence-corrected chi connectivity index (χ4v) is 6.72. The molecule has 2 aromatic rings. The normalized spacial score (nSPS) is 17.6. The Bertz CT molecular complexity index is 1240. The van der Waals surface area contributed by atoms with Crippen LogP contribution in [-0.2, 0) is 20.6 Å². The minimum absolute atomic E-state index is 0.0309. The number of rotatable bonds is 8. The van der Waals surface area contributed by atoms with Crippen molar-refractivity contribution in [3.8, 4) is 10.6 Å². The summed E-state index contributed by atoms with van der Waals surface area (Å²) in [5.74, 6) is -1.46. The number of thiazole rings is 1. The maximum atomic E-state index is 14.8. The fraction of sp³-hybridized carbons (Fsp3) is 0.696. The van der Waals surface area contributed by atoms with Gasteiger partial charge in [0.05, 0.1) is 22.3 Å². The summed E-state index contributed by atoms with van der Waals surface area (Å²) in [6, 6.07) is -0.210. The van der Waals surface area contributed by atoms with E-state index in [-0.39, 0.29) is 41.7 Å². The Hall–Kier alpha value is -1.68. The molecule has 1 unspecified atom stereocenters. The number of alkyl halides is 3. The molecule has 1 N–H and O–H groups in total. The molecular formula is C23H35F4N5O3S2Si. The van der Waals surface area contributed by atoms with Gasteiger partial charge in [-0.25, -0.2) is 32.1 Å². The van der Waals surface area contributed by atoms with Gasteiger partial charge in [-0.15, -0.1) is 11.3 Å². The second-order valence-electron chi connectivity index (χ2n) is 11.2. The molecule has 3 rings (SSSR count). The third-order valence-electron chi connectivity index (χ3n) is 7.05. The number of sulfonamides is 1. The van der Waals surface area contributed by atoms with Crippen molar-refractivity contribution in [3.05, 3.63) is 22.7 Å². The lowest BCUT2D eigenvalue weighted by Crippen LogP contribution is -2.42. The van der Waals surface area contributed by atoms with E-state index in [4.69, 9.17) is 4.43 Å². The van der Waals surface area contributed by atoms with Gasteiger partial charge >= 0.3 is 6.18 Å². The molecule has 1 atom stereocenters. The number of halogens is 4. The summed E-state index contributed by atoms with van der Waals surface area (Å²) in [5, 5.41) is 3.13. The standard InChI is InChI=1S/C23H35F4N5O3S2Si/c1-14(13-35-38(6,7)22(2,3)4)20-31-19(23(25,26)27)18(36-20)17-16(24)12-28-21(30-17)29-15-8-10-32(11-9-15)37(5,33)34/h12,14-15H,8-11,13H2,1-7H3,(H,28,29,30). The summed E-state index contributed by atoms with van der Waals surface area (Å²) in [7, 11) is -5.44. The molecule has 3 heterocycles. The van der Waals surface area contributed by atoms with E-state index in [1.54, 1.807) is 6.92 Å².